The number of fused-ring (bicyclic) bond motifs is 1. The summed E-state index contributed by atoms with van der Waals surface area (Å²) >= 11 is 0. The second-order valence-corrected chi connectivity index (χ2v) is 9.35. The Bertz CT molecular complexity index is 1130. The fraction of sp³-hybridized carbons (Fsp3) is 0.357. The molecule has 0 atom stereocenters. The number of aryl methyl sites for hydroxylation is 2. The van der Waals surface area contributed by atoms with Crippen molar-refractivity contribution in [3.8, 4) is 6.07 Å². The summed E-state index contributed by atoms with van der Waals surface area (Å²) in [6, 6.07) is 14.4. The Morgan fingerprint density at radius 1 is 1.19 bits per heavy atom. The summed E-state index contributed by atoms with van der Waals surface area (Å²) in [6.07, 6.45) is 4.92. The monoisotopic (exact) mass is 427 g/mol. The molecule has 1 aliphatic rings. The lowest BCUT2D eigenvalue weighted by Crippen LogP contribution is -2.49. The minimum Gasteiger partial charge on any atom is -0.360 e. The molecule has 0 spiro atoms. The van der Waals surface area contributed by atoms with Gasteiger partial charge >= 0.3 is 0 Å². The fourth-order valence-corrected chi connectivity index (χ4v) is 4.64. The van der Waals surface area contributed by atoms with Crippen LogP contribution in [0.25, 0.3) is 11.6 Å². The minimum atomic E-state index is -0.397. The van der Waals surface area contributed by atoms with Gasteiger partial charge in [-0.05, 0) is 101 Å². The number of amides is 1. The average Bonchev–Trinajstić information content (AvgIpc) is 2.72. The summed E-state index contributed by atoms with van der Waals surface area (Å²) < 4.78 is 0. The van der Waals surface area contributed by atoms with Gasteiger partial charge in [0.2, 0.25) is 0 Å². The van der Waals surface area contributed by atoms with E-state index in [1.807, 2.05) is 31.2 Å². The van der Waals surface area contributed by atoms with Crippen molar-refractivity contribution in [3.63, 3.8) is 0 Å². The number of carbonyl (C=O) groups is 1. The summed E-state index contributed by atoms with van der Waals surface area (Å²) in [4.78, 5) is 15.2. The molecular formula is C28H33N3O. The van der Waals surface area contributed by atoms with Crippen LogP contribution in [-0.2, 0) is 11.2 Å². The van der Waals surface area contributed by atoms with Crippen LogP contribution in [0.15, 0.2) is 48.0 Å². The van der Waals surface area contributed by atoms with E-state index in [1.54, 1.807) is 6.08 Å². The molecule has 0 saturated carbocycles. The molecule has 1 aliphatic heterocycles. The first kappa shape index (κ1) is 23.3. The number of hydrogen-bond acceptors (Lipinski definition) is 3. The third-order valence-electron chi connectivity index (χ3n) is 6.06. The molecule has 0 bridgehead atoms. The van der Waals surface area contributed by atoms with Crippen LogP contribution in [0, 0.1) is 18.3 Å². The van der Waals surface area contributed by atoms with Gasteiger partial charge in [-0.1, -0.05) is 25.1 Å². The summed E-state index contributed by atoms with van der Waals surface area (Å²) in [5.74, 6) is -0.397. The first-order valence-electron chi connectivity index (χ1n) is 11.2. The molecule has 166 valence electrons. The summed E-state index contributed by atoms with van der Waals surface area (Å²) in [5, 5.41) is 12.5. The van der Waals surface area contributed by atoms with Crippen LogP contribution in [0.1, 0.15) is 63.8 Å². The predicted molar refractivity (Wildman–Crippen MR) is 135 cm³/mol. The minimum absolute atomic E-state index is 0.0833. The predicted octanol–water partition coefficient (Wildman–Crippen LogP) is 6.51. The van der Waals surface area contributed by atoms with Crippen molar-refractivity contribution in [1.82, 2.24) is 0 Å². The van der Waals surface area contributed by atoms with Gasteiger partial charge in [0.05, 0.1) is 5.54 Å². The third kappa shape index (κ3) is 4.62. The number of benzene rings is 2. The van der Waals surface area contributed by atoms with Crippen LogP contribution in [-0.4, -0.2) is 17.5 Å². The molecule has 1 N–H and O–H groups in total. The lowest BCUT2D eigenvalue weighted by molar-refractivity contribution is -0.112. The van der Waals surface area contributed by atoms with Gasteiger partial charge in [0, 0.05) is 23.0 Å². The van der Waals surface area contributed by atoms with E-state index in [4.69, 9.17) is 0 Å². The normalized spacial score (nSPS) is 15.2. The van der Waals surface area contributed by atoms with Crippen LogP contribution in [0.5, 0.6) is 0 Å². The largest absolute Gasteiger partial charge is 0.360 e. The summed E-state index contributed by atoms with van der Waals surface area (Å²) in [7, 11) is 0. The number of nitriles is 1. The number of rotatable bonds is 5. The van der Waals surface area contributed by atoms with E-state index in [0.29, 0.717) is 11.7 Å². The van der Waals surface area contributed by atoms with E-state index in [2.05, 4.69) is 76.0 Å². The van der Waals surface area contributed by atoms with Crippen molar-refractivity contribution in [2.24, 2.45) is 0 Å². The molecule has 4 nitrogen and oxygen atoms in total. The van der Waals surface area contributed by atoms with Crippen LogP contribution < -0.4 is 10.2 Å². The molecule has 0 aromatic heterocycles. The van der Waals surface area contributed by atoms with Gasteiger partial charge < -0.3 is 10.2 Å². The second kappa shape index (κ2) is 9.04. The molecule has 3 rings (SSSR count). The zero-order valence-corrected chi connectivity index (χ0v) is 20.2. The third-order valence-corrected chi connectivity index (χ3v) is 6.06. The Morgan fingerprint density at radius 2 is 1.84 bits per heavy atom. The number of hydrogen-bond donors (Lipinski definition) is 1. The maximum absolute atomic E-state index is 12.8. The highest BCUT2D eigenvalue weighted by Crippen LogP contribution is 2.41. The van der Waals surface area contributed by atoms with Crippen LogP contribution in [0.3, 0.4) is 0 Å². The number of allylic oxidation sites excluding steroid dienone is 1. The van der Waals surface area contributed by atoms with Crippen molar-refractivity contribution in [3.05, 3.63) is 70.3 Å². The van der Waals surface area contributed by atoms with Crippen molar-refractivity contribution in [2.45, 2.75) is 66.5 Å². The van der Waals surface area contributed by atoms with Crippen molar-refractivity contribution < 1.29 is 4.79 Å². The van der Waals surface area contributed by atoms with E-state index in [9.17, 15) is 10.1 Å². The maximum Gasteiger partial charge on any atom is 0.266 e. The van der Waals surface area contributed by atoms with Gasteiger partial charge in [0.25, 0.3) is 5.91 Å². The molecule has 4 heteroatoms. The first-order chi connectivity index (χ1) is 15.1. The molecule has 1 heterocycles. The van der Waals surface area contributed by atoms with Gasteiger partial charge in [-0.15, -0.1) is 0 Å². The van der Waals surface area contributed by atoms with E-state index >= 15 is 0 Å². The molecule has 0 radical (unpaired) electrons. The van der Waals surface area contributed by atoms with Gasteiger partial charge in [0.1, 0.15) is 11.6 Å². The molecule has 2 aromatic rings. The van der Waals surface area contributed by atoms with Gasteiger partial charge in [0.15, 0.2) is 0 Å². The number of carbonyl (C=O) groups excluding carboxylic acids is 1. The zero-order chi connectivity index (χ0) is 23.6. The number of nitrogens with one attached hydrogen (secondary N) is 1. The molecule has 0 aliphatic carbocycles. The SMILES string of the molecule is CCc1ccc(NC(=O)/C(C#N)=C\c2cc3c(cc2C)N(C(C)C)C(C)(C)C=C3C)cc1. The van der Waals surface area contributed by atoms with Crippen molar-refractivity contribution >= 4 is 28.9 Å². The Balaban J connectivity index is 1.97. The summed E-state index contributed by atoms with van der Waals surface area (Å²) in [5.41, 5.74) is 7.35. The Hall–Kier alpha value is -3.32. The average molecular weight is 428 g/mol. The fourth-order valence-electron chi connectivity index (χ4n) is 4.64. The van der Waals surface area contributed by atoms with Gasteiger partial charge in [-0.25, -0.2) is 0 Å². The van der Waals surface area contributed by atoms with E-state index in [1.165, 1.54) is 16.8 Å². The highest BCUT2D eigenvalue weighted by atomic mass is 16.1. The van der Waals surface area contributed by atoms with E-state index in [0.717, 1.165) is 23.1 Å². The molecular weight excluding hydrogens is 394 g/mol. The van der Waals surface area contributed by atoms with E-state index < -0.39 is 5.91 Å². The van der Waals surface area contributed by atoms with Crippen LogP contribution in [0.4, 0.5) is 11.4 Å². The highest BCUT2D eigenvalue weighted by molar-refractivity contribution is 6.09. The summed E-state index contributed by atoms with van der Waals surface area (Å²) in [6.45, 7) is 15.1. The Morgan fingerprint density at radius 3 is 2.41 bits per heavy atom. The second-order valence-electron chi connectivity index (χ2n) is 9.35. The highest BCUT2D eigenvalue weighted by Gasteiger charge is 2.33. The first-order valence-corrected chi connectivity index (χ1v) is 11.2. The van der Waals surface area contributed by atoms with E-state index in [-0.39, 0.29) is 11.1 Å². The standard InChI is InChI=1S/C28H33N3O/c1-8-21-9-11-24(12-10-21)30-27(32)23(17-29)14-22-15-25-20(5)16-28(6,7)31(18(2)3)26(25)13-19(22)4/h9-16,18H,8H2,1-7H3,(H,30,32)/b23-14-. The van der Waals surface area contributed by atoms with Gasteiger partial charge in [-0.2, -0.15) is 5.26 Å². The molecule has 0 fully saturated rings. The van der Waals surface area contributed by atoms with Gasteiger partial charge in [-0.3, -0.25) is 4.79 Å². The molecule has 2 aromatic carbocycles. The molecule has 0 saturated heterocycles. The van der Waals surface area contributed by atoms with Crippen LogP contribution >= 0.6 is 0 Å². The molecule has 0 unspecified atom stereocenters. The smallest absolute Gasteiger partial charge is 0.266 e. The topological polar surface area (TPSA) is 56.1 Å². The molecule has 1 amide bonds. The Kier molecular flexibility index (Phi) is 6.60. The van der Waals surface area contributed by atoms with Crippen molar-refractivity contribution in [1.29, 1.82) is 5.26 Å². The lowest BCUT2D eigenvalue weighted by atomic mass is 9.85. The maximum atomic E-state index is 12.8. The lowest BCUT2D eigenvalue weighted by Gasteiger charge is -2.46. The molecule has 32 heavy (non-hydrogen) atoms. The van der Waals surface area contributed by atoms with Crippen LogP contribution in [0.2, 0.25) is 0 Å². The zero-order valence-electron chi connectivity index (χ0n) is 20.2. The number of anilines is 2. The quantitative estimate of drug-likeness (QED) is 0.437. The van der Waals surface area contributed by atoms with Crippen molar-refractivity contribution in [2.75, 3.05) is 10.2 Å². The Labute approximate surface area is 192 Å². The number of nitrogens with zero attached hydrogens (tertiary/aromatic N) is 2.